The Morgan fingerprint density at radius 2 is 2.04 bits per heavy atom. The van der Waals surface area contributed by atoms with Gasteiger partial charge in [-0.05, 0) is 13.8 Å². The van der Waals surface area contributed by atoms with Crippen LogP contribution in [0.4, 0.5) is 0 Å². The first-order valence-electron chi connectivity index (χ1n) is 7.64. The van der Waals surface area contributed by atoms with Gasteiger partial charge < -0.3 is 19.5 Å². The first kappa shape index (κ1) is 18.0. The Bertz CT molecular complexity index is 517. The Hall–Kier alpha value is -1.35. The summed E-state index contributed by atoms with van der Waals surface area (Å²) in [5, 5.41) is 17.5. The molecule has 1 unspecified atom stereocenters. The Labute approximate surface area is 140 Å². The fraction of sp³-hybridized carbons (Fsp3) is 0.714. The number of hydrogen-bond donors (Lipinski definition) is 2. The van der Waals surface area contributed by atoms with Crippen molar-refractivity contribution in [3.05, 3.63) is 0 Å². The lowest BCUT2D eigenvalue weighted by Gasteiger charge is -2.27. The molecule has 0 saturated heterocycles. The van der Waals surface area contributed by atoms with Crippen molar-refractivity contribution in [2.24, 2.45) is 20.9 Å². The lowest BCUT2D eigenvalue weighted by Crippen LogP contribution is -2.41. The van der Waals surface area contributed by atoms with Crippen molar-refractivity contribution in [1.29, 1.82) is 5.41 Å². The largest absolute Gasteiger partial charge is 0.396 e. The number of hydrogen-bond acceptors (Lipinski definition) is 6. The SMILES string of the molecule is CCOC(C[C@@H](CO)CN1C=NC2C(Cl)=NC(=N)N=C21)OCC. The van der Waals surface area contributed by atoms with E-state index in [0.29, 0.717) is 32.0 Å². The highest BCUT2D eigenvalue weighted by atomic mass is 35.5. The highest BCUT2D eigenvalue weighted by Gasteiger charge is 2.34. The van der Waals surface area contributed by atoms with Gasteiger partial charge in [0, 0.05) is 38.7 Å². The summed E-state index contributed by atoms with van der Waals surface area (Å²) >= 11 is 6.01. The number of halogens is 1. The van der Waals surface area contributed by atoms with E-state index in [1.807, 2.05) is 13.8 Å². The summed E-state index contributed by atoms with van der Waals surface area (Å²) in [7, 11) is 0. The van der Waals surface area contributed by atoms with E-state index in [9.17, 15) is 5.11 Å². The molecule has 2 aliphatic heterocycles. The van der Waals surface area contributed by atoms with Crippen LogP contribution in [-0.2, 0) is 9.47 Å². The molecule has 23 heavy (non-hydrogen) atoms. The second-order valence-electron chi connectivity index (χ2n) is 5.17. The molecule has 9 heteroatoms. The van der Waals surface area contributed by atoms with Gasteiger partial charge in [0.05, 0.1) is 6.34 Å². The zero-order chi connectivity index (χ0) is 16.8. The minimum Gasteiger partial charge on any atom is -0.396 e. The van der Waals surface area contributed by atoms with Gasteiger partial charge in [-0.15, -0.1) is 0 Å². The lowest BCUT2D eigenvalue weighted by atomic mass is 10.1. The molecule has 0 aromatic rings. The van der Waals surface area contributed by atoms with Gasteiger partial charge >= 0.3 is 0 Å². The van der Waals surface area contributed by atoms with Gasteiger partial charge in [0.1, 0.15) is 11.0 Å². The van der Waals surface area contributed by atoms with Crippen LogP contribution in [0.25, 0.3) is 0 Å². The standard InChI is InChI=1S/C14H22ClN5O3/c1-3-22-10(23-4-2)5-9(7-21)6-20-8-17-11-12(15)18-14(16)19-13(11)20/h8-11,16,21H,3-7H2,1-2H3/t9-,11?/m1/s1. The van der Waals surface area contributed by atoms with Gasteiger partial charge in [0.15, 0.2) is 12.3 Å². The van der Waals surface area contributed by atoms with Crippen molar-refractivity contribution < 1.29 is 14.6 Å². The highest BCUT2D eigenvalue weighted by molar-refractivity contribution is 6.70. The molecule has 0 aliphatic carbocycles. The average molecular weight is 344 g/mol. The van der Waals surface area contributed by atoms with E-state index in [-0.39, 0.29) is 29.9 Å². The number of aliphatic hydroxyl groups excluding tert-OH is 1. The van der Waals surface area contributed by atoms with Crippen molar-refractivity contribution in [2.75, 3.05) is 26.4 Å². The van der Waals surface area contributed by atoms with Crippen LogP contribution in [0.1, 0.15) is 20.3 Å². The van der Waals surface area contributed by atoms with Crippen LogP contribution >= 0.6 is 11.6 Å². The summed E-state index contributed by atoms with van der Waals surface area (Å²) in [6.07, 6.45) is 1.83. The second-order valence-corrected chi connectivity index (χ2v) is 5.56. The van der Waals surface area contributed by atoms with Crippen LogP contribution in [0.2, 0.25) is 0 Å². The van der Waals surface area contributed by atoms with Gasteiger partial charge in [-0.25, -0.2) is 4.99 Å². The quantitative estimate of drug-likeness (QED) is 0.611. The maximum atomic E-state index is 9.66. The van der Waals surface area contributed by atoms with Crippen molar-refractivity contribution in [3.63, 3.8) is 0 Å². The van der Waals surface area contributed by atoms with E-state index >= 15 is 0 Å². The molecular weight excluding hydrogens is 322 g/mol. The van der Waals surface area contributed by atoms with Gasteiger partial charge in [-0.1, -0.05) is 11.6 Å². The smallest absolute Gasteiger partial charge is 0.244 e. The van der Waals surface area contributed by atoms with Crippen LogP contribution < -0.4 is 0 Å². The maximum absolute atomic E-state index is 9.66. The van der Waals surface area contributed by atoms with Crippen LogP contribution in [0.15, 0.2) is 15.0 Å². The van der Waals surface area contributed by atoms with E-state index in [4.69, 9.17) is 26.5 Å². The predicted octanol–water partition coefficient (Wildman–Crippen LogP) is 1.08. The molecule has 2 heterocycles. The Balaban J connectivity index is 1.99. The molecule has 128 valence electrons. The Morgan fingerprint density at radius 1 is 1.35 bits per heavy atom. The van der Waals surface area contributed by atoms with Crippen LogP contribution in [0.5, 0.6) is 0 Å². The zero-order valence-corrected chi connectivity index (χ0v) is 14.0. The molecule has 0 aromatic heterocycles. The summed E-state index contributed by atoms with van der Waals surface area (Å²) in [6.45, 7) is 5.38. The summed E-state index contributed by atoms with van der Waals surface area (Å²) in [4.78, 5) is 14.0. The number of rotatable bonds is 9. The maximum Gasteiger partial charge on any atom is 0.244 e. The molecular formula is C14H22ClN5O3. The van der Waals surface area contributed by atoms with Crippen molar-refractivity contribution in [2.45, 2.75) is 32.6 Å². The molecule has 2 atom stereocenters. The number of aliphatic hydroxyl groups is 1. The van der Waals surface area contributed by atoms with E-state index in [1.165, 1.54) is 0 Å². The van der Waals surface area contributed by atoms with E-state index in [1.54, 1.807) is 11.2 Å². The number of guanidine groups is 1. The third-order valence-corrected chi connectivity index (χ3v) is 3.79. The molecule has 0 spiro atoms. The normalized spacial score (nSPS) is 21.5. The molecule has 2 N–H and O–H groups in total. The molecule has 0 bridgehead atoms. The van der Waals surface area contributed by atoms with Gasteiger partial charge in [-0.2, -0.15) is 4.99 Å². The average Bonchev–Trinajstić information content (AvgIpc) is 2.90. The third kappa shape index (κ3) is 4.57. The topological polar surface area (TPSA) is 103 Å². The molecule has 0 aromatic carbocycles. The van der Waals surface area contributed by atoms with E-state index < -0.39 is 6.04 Å². The molecule has 0 fully saturated rings. The van der Waals surface area contributed by atoms with Crippen molar-refractivity contribution in [1.82, 2.24) is 4.90 Å². The fourth-order valence-electron chi connectivity index (χ4n) is 2.47. The van der Waals surface area contributed by atoms with Gasteiger partial charge in [0.2, 0.25) is 5.96 Å². The highest BCUT2D eigenvalue weighted by Crippen LogP contribution is 2.20. The molecule has 8 nitrogen and oxygen atoms in total. The van der Waals surface area contributed by atoms with Crippen LogP contribution in [0, 0.1) is 11.3 Å². The van der Waals surface area contributed by atoms with Crippen molar-refractivity contribution >= 4 is 34.9 Å². The number of aliphatic imine (C=N–C) groups is 3. The fourth-order valence-corrected chi connectivity index (χ4v) is 2.71. The second kappa shape index (κ2) is 8.49. The minimum absolute atomic E-state index is 0.0157. The number of nitrogens with zero attached hydrogens (tertiary/aromatic N) is 4. The molecule has 0 amide bonds. The number of fused-ring (bicyclic) bond motifs is 1. The first-order chi connectivity index (χ1) is 11.1. The summed E-state index contributed by atoms with van der Waals surface area (Å²) in [5.41, 5.74) is 0. The van der Waals surface area contributed by atoms with Crippen LogP contribution in [0.3, 0.4) is 0 Å². The first-order valence-corrected chi connectivity index (χ1v) is 8.02. The number of nitrogens with one attached hydrogen (secondary N) is 1. The zero-order valence-electron chi connectivity index (χ0n) is 13.3. The molecule has 2 rings (SSSR count). The van der Waals surface area contributed by atoms with E-state index in [0.717, 1.165) is 0 Å². The molecule has 0 radical (unpaired) electrons. The summed E-state index contributed by atoms with van der Waals surface area (Å²) in [6, 6.07) is -0.445. The Morgan fingerprint density at radius 3 is 2.65 bits per heavy atom. The minimum atomic E-state index is -0.445. The molecule has 2 aliphatic rings. The lowest BCUT2D eigenvalue weighted by molar-refractivity contribution is -0.148. The predicted molar refractivity (Wildman–Crippen MR) is 89.7 cm³/mol. The van der Waals surface area contributed by atoms with Crippen LogP contribution in [-0.4, -0.2) is 72.0 Å². The van der Waals surface area contributed by atoms with Gasteiger partial charge in [-0.3, -0.25) is 10.4 Å². The van der Waals surface area contributed by atoms with Crippen molar-refractivity contribution in [3.8, 4) is 0 Å². The summed E-state index contributed by atoms with van der Waals surface area (Å²) < 4.78 is 11.1. The number of ether oxygens (including phenoxy) is 2. The third-order valence-electron chi connectivity index (χ3n) is 3.50. The van der Waals surface area contributed by atoms with E-state index in [2.05, 4.69) is 15.0 Å². The molecule has 0 saturated carbocycles. The Kier molecular flexibility index (Phi) is 6.64. The summed E-state index contributed by atoms with van der Waals surface area (Å²) in [5.74, 6) is 0.342. The monoisotopic (exact) mass is 343 g/mol. The number of amidine groups is 1. The van der Waals surface area contributed by atoms with Gasteiger partial charge in [0.25, 0.3) is 0 Å².